The zero-order chi connectivity index (χ0) is 15.8. The van der Waals surface area contributed by atoms with Gasteiger partial charge in [0, 0.05) is 31.8 Å². The highest BCUT2D eigenvalue weighted by atomic mass is 35.5. The monoisotopic (exact) mass is 323 g/mol. The number of hydrogen-bond donors (Lipinski definition) is 2. The smallest absolute Gasteiger partial charge is 0.191 e. The van der Waals surface area contributed by atoms with Crippen LogP contribution in [0.4, 0.5) is 0 Å². The maximum Gasteiger partial charge on any atom is 0.191 e. The average Bonchev–Trinajstić information content (AvgIpc) is 2.95. The Labute approximate surface area is 138 Å². The predicted molar refractivity (Wildman–Crippen MR) is 92.7 cm³/mol. The van der Waals surface area contributed by atoms with E-state index in [0.717, 1.165) is 56.4 Å². The minimum atomic E-state index is -0.0546. The van der Waals surface area contributed by atoms with Crippen molar-refractivity contribution in [3.8, 4) is 0 Å². The van der Waals surface area contributed by atoms with Gasteiger partial charge in [-0.2, -0.15) is 0 Å². The van der Waals surface area contributed by atoms with Gasteiger partial charge in [-0.1, -0.05) is 23.7 Å². The van der Waals surface area contributed by atoms with E-state index in [4.69, 9.17) is 16.3 Å². The Hall–Kier alpha value is -1.26. The van der Waals surface area contributed by atoms with Crippen molar-refractivity contribution in [2.75, 3.05) is 26.7 Å². The molecule has 122 valence electrons. The third-order valence-corrected chi connectivity index (χ3v) is 4.25. The topological polar surface area (TPSA) is 45.7 Å². The number of aliphatic imine (C=N–C) groups is 1. The number of halogens is 1. The van der Waals surface area contributed by atoms with Crippen LogP contribution in [0.3, 0.4) is 0 Å². The second-order valence-corrected chi connectivity index (χ2v) is 6.42. The van der Waals surface area contributed by atoms with Crippen molar-refractivity contribution in [1.29, 1.82) is 0 Å². The lowest BCUT2D eigenvalue weighted by molar-refractivity contribution is 0.0243. The molecule has 0 aliphatic carbocycles. The molecule has 1 aliphatic rings. The number of nitrogens with one attached hydrogen (secondary N) is 2. The molecule has 2 N–H and O–H groups in total. The molecule has 0 spiro atoms. The third-order valence-electron chi connectivity index (χ3n) is 4.00. The Morgan fingerprint density at radius 1 is 1.32 bits per heavy atom. The Morgan fingerprint density at radius 2 is 2.09 bits per heavy atom. The van der Waals surface area contributed by atoms with Crippen LogP contribution in [0.2, 0.25) is 5.02 Å². The molecule has 1 atom stereocenters. The predicted octanol–water partition coefficient (Wildman–Crippen LogP) is 3.01. The number of benzene rings is 1. The van der Waals surface area contributed by atoms with Gasteiger partial charge in [0.25, 0.3) is 0 Å². The van der Waals surface area contributed by atoms with E-state index < -0.39 is 0 Å². The normalized spacial score (nSPS) is 21.9. The first-order valence-corrected chi connectivity index (χ1v) is 8.32. The molecule has 2 rings (SSSR count). The van der Waals surface area contributed by atoms with Crippen LogP contribution in [0.15, 0.2) is 29.3 Å². The largest absolute Gasteiger partial charge is 0.373 e. The SMILES string of the molecule is CN=C(NCCCc1ccc(Cl)cc1)NCC1(C)CCCO1. The Bertz CT molecular complexity index is 481. The van der Waals surface area contributed by atoms with Crippen LogP contribution in [0.5, 0.6) is 0 Å². The fourth-order valence-corrected chi connectivity index (χ4v) is 2.74. The number of ether oxygens (including phenoxy) is 1. The summed E-state index contributed by atoms with van der Waals surface area (Å²) in [5.41, 5.74) is 1.25. The van der Waals surface area contributed by atoms with Gasteiger partial charge in [0.15, 0.2) is 5.96 Å². The van der Waals surface area contributed by atoms with E-state index in [9.17, 15) is 0 Å². The van der Waals surface area contributed by atoms with Crippen LogP contribution in [-0.4, -0.2) is 38.3 Å². The summed E-state index contributed by atoms with van der Waals surface area (Å²) < 4.78 is 5.77. The van der Waals surface area contributed by atoms with Gasteiger partial charge in [-0.05, 0) is 50.3 Å². The van der Waals surface area contributed by atoms with Gasteiger partial charge in [-0.3, -0.25) is 4.99 Å². The molecule has 1 saturated heterocycles. The minimum Gasteiger partial charge on any atom is -0.373 e. The second-order valence-electron chi connectivity index (χ2n) is 5.98. The van der Waals surface area contributed by atoms with Crippen LogP contribution in [0, 0.1) is 0 Å². The summed E-state index contributed by atoms with van der Waals surface area (Å²) in [7, 11) is 1.80. The van der Waals surface area contributed by atoms with E-state index in [1.54, 1.807) is 7.05 Å². The van der Waals surface area contributed by atoms with E-state index in [1.807, 2.05) is 12.1 Å². The molecule has 22 heavy (non-hydrogen) atoms. The molecule has 0 aromatic heterocycles. The quantitative estimate of drug-likeness (QED) is 0.480. The van der Waals surface area contributed by atoms with Crippen molar-refractivity contribution in [3.05, 3.63) is 34.9 Å². The molecule has 4 nitrogen and oxygen atoms in total. The summed E-state index contributed by atoms with van der Waals surface area (Å²) in [6.45, 7) is 4.70. The van der Waals surface area contributed by atoms with Crippen LogP contribution < -0.4 is 10.6 Å². The van der Waals surface area contributed by atoms with E-state index in [-0.39, 0.29) is 5.60 Å². The Morgan fingerprint density at radius 3 is 2.73 bits per heavy atom. The molecule has 0 bridgehead atoms. The van der Waals surface area contributed by atoms with Crippen LogP contribution in [0.25, 0.3) is 0 Å². The fourth-order valence-electron chi connectivity index (χ4n) is 2.62. The first-order valence-electron chi connectivity index (χ1n) is 7.94. The molecule has 0 radical (unpaired) electrons. The van der Waals surface area contributed by atoms with Gasteiger partial charge in [0.05, 0.1) is 5.60 Å². The van der Waals surface area contributed by atoms with E-state index in [0.29, 0.717) is 0 Å². The molecule has 1 aromatic carbocycles. The first-order chi connectivity index (χ1) is 10.6. The number of aryl methyl sites for hydroxylation is 1. The Kier molecular flexibility index (Phi) is 6.52. The van der Waals surface area contributed by atoms with Crippen molar-refractivity contribution in [3.63, 3.8) is 0 Å². The van der Waals surface area contributed by atoms with Gasteiger partial charge < -0.3 is 15.4 Å². The van der Waals surface area contributed by atoms with E-state index >= 15 is 0 Å². The highest BCUT2D eigenvalue weighted by Crippen LogP contribution is 2.23. The van der Waals surface area contributed by atoms with Crippen molar-refractivity contribution in [1.82, 2.24) is 10.6 Å². The highest BCUT2D eigenvalue weighted by Gasteiger charge is 2.29. The van der Waals surface area contributed by atoms with Gasteiger partial charge in [0.2, 0.25) is 0 Å². The van der Waals surface area contributed by atoms with Crippen LogP contribution >= 0.6 is 11.6 Å². The molecule has 0 amide bonds. The van der Waals surface area contributed by atoms with Crippen molar-refractivity contribution in [2.45, 2.75) is 38.2 Å². The standard InChI is InChI=1S/C17H26ClN3O/c1-17(10-4-12-22-17)13-21-16(19-2)20-11-3-5-14-6-8-15(18)9-7-14/h6-9H,3-5,10-13H2,1-2H3,(H2,19,20,21). The average molecular weight is 324 g/mol. The van der Waals surface area contributed by atoms with Gasteiger partial charge >= 0.3 is 0 Å². The number of guanidine groups is 1. The molecule has 1 fully saturated rings. The lowest BCUT2D eigenvalue weighted by Gasteiger charge is -2.24. The summed E-state index contributed by atoms with van der Waals surface area (Å²) in [6.07, 6.45) is 4.33. The summed E-state index contributed by atoms with van der Waals surface area (Å²) in [5.74, 6) is 0.841. The molecular weight excluding hydrogens is 298 g/mol. The molecular formula is C17H26ClN3O. The summed E-state index contributed by atoms with van der Waals surface area (Å²) in [6, 6.07) is 8.03. The van der Waals surface area contributed by atoms with Crippen molar-refractivity contribution in [2.24, 2.45) is 4.99 Å². The highest BCUT2D eigenvalue weighted by molar-refractivity contribution is 6.30. The maximum atomic E-state index is 5.89. The number of rotatable bonds is 6. The molecule has 1 heterocycles. The maximum absolute atomic E-state index is 5.89. The molecule has 1 aliphatic heterocycles. The summed E-state index contributed by atoms with van der Waals surface area (Å²) in [4.78, 5) is 4.26. The van der Waals surface area contributed by atoms with Crippen LogP contribution in [0.1, 0.15) is 31.7 Å². The first kappa shape index (κ1) is 17.1. The van der Waals surface area contributed by atoms with Gasteiger partial charge in [-0.15, -0.1) is 0 Å². The van der Waals surface area contributed by atoms with Crippen molar-refractivity contribution < 1.29 is 4.74 Å². The number of hydrogen-bond acceptors (Lipinski definition) is 2. The van der Waals surface area contributed by atoms with Crippen LogP contribution in [-0.2, 0) is 11.2 Å². The minimum absolute atomic E-state index is 0.0546. The lowest BCUT2D eigenvalue weighted by atomic mass is 10.0. The van der Waals surface area contributed by atoms with Crippen molar-refractivity contribution >= 4 is 17.6 Å². The molecule has 0 saturated carbocycles. The summed E-state index contributed by atoms with van der Waals surface area (Å²) in [5, 5.41) is 7.49. The number of nitrogens with zero attached hydrogens (tertiary/aromatic N) is 1. The third kappa shape index (κ3) is 5.50. The second kappa shape index (κ2) is 8.39. The molecule has 1 unspecified atom stereocenters. The fraction of sp³-hybridized carbons (Fsp3) is 0.588. The van der Waals surface area contributed by atoms with E-state index in [1.165, 1.54) is 5.56 Å². The van der Waals surface area contributed by atoms with Gasteiger partial charge in [-0.25, -0.2) is 0 Å². The zero-order valence-electron chi connectivity index (χ0n) is 13.5. The molecule has 5 heteroatoms. The molecule has 1 aromatic rings. The zero-order valence-corrected chi connectivity index (χ0v) is 14.2. The summed E-state index contributed by atoms with van der Waals surface area (Å²) >= 11 is 5.89. The Balaban J connectivity index is 1.65. The van der Waals surface area contributed by atoms with Gasteiger partial charge in [0.1, 0.15) is 0 Å². The lowest BCUT2D eigenvalue weighted by Crippen LogP contribution is -2.45. The van der Waals surface area contributed by atoms with E-state index in [2.05, 4.69) is 34.7 Å².